The Morgan fingerprint density at radius 3 is 2.69 bits per heavy atom. The van der Waals surface area contributed by atoms with Crippen molar-refractivity contribution in [2.75, 3.05) is 24.6 Å². The Morgan fingerprint density at radius 2 is 1.97 bits per heavy atom. The quantitative estimate of drug-likeness (QED) is 0.541. The standard InChI is InChI=1S/C27H35FN4O3/c1-17(12-24(33)20-4-7-21(29)13-20)19-5-8-22(9-6-19)35-23-10-11-32(14-23)26-25(28)27(31-16-30-26)34-15-18-2-3-18/h5-6,8-9,16-18,20-21,23H,2-4,7,10-15,29H2,1H3/t17-,20?,21-,23-/m1/s1. The lowest BCUT2D eigenvalue weighted by Gasteiger charge is -2.19. The van der Waals surface area contributed by atoms with Crippen molar-refractivity contribution in [1.29, 1.82) is 0 Å². The van der Waals surface area contributed by atoms with Crippen molar-refractivity contribution < 1.29 is 18.7 Å². The van der Waals surface area contributed by atoms with Crippen molar-refractivity contribution in [3.05, 3.63) is 42.0 Å². The van der Waals surface area contributed by atoms with Crippen molar-refractivity contribution in [1.82, 2.24) is 9.97 Å². The lowest BCUT2D eigenvalue weighted by atomic mass is 9.90. The number of anilines is 1. The lowest BCUT2D eigenvalue weighted by molar-refractivity contribution is -0.123. The molecule has 3 aliphatic rings. The highest BCUT2D eigenvalue weighted by molar-refractivity contribution is 5.82. The highest BCUT2D eigenvalue weighted by atomic mass is 19.1. The normalized spacial score (nSPS) is 25.0. The number of benzene rings is 1. The van der Waals surface area contributed by atoms with Crippen LogP contribution in [-0.2, 0) is 4.79 Å². The maximum Gasteiger partial charge on any atom is 0.255 e. The molecule has 4 atom stereocenters. The Balaban J connectivity index is 1.13. The summed E-state index contributed by atoms with van der Waals surface area (Å²) in [7, 11) is 0. The average Bonchev–Trinajstić information content (AvgIpc) is 3.40. The van der Waals surface area contributed by atoms with Gasteiger partial charge in [0.15, 0.2) is 5.82 Å². The Morgan fingerprint density at radius 1 is 1.17 bits per heavy atom. The number of ketones is 1. The van der Waals surface area contributed by atoms with Crippen LogP contribution in [-0.4, -0.2) is 47.6 Å². The minimum Gasteiger partial charge on any atom is -0.489 e. The number of nitrogens with two attached hydrogens (primary N) is 1. The number of nitrogens with zero attached hydrogens (tertiary/aromatic N) is 3. The molecule has 8 heteroatoms. The lowest BCUT2D eigenvalue weighted by Crippen LogP contribution is -2.26. The van der Waals surface area contributed by atoms with Crippen LogP contribution in [0, 0.1) is 17.7 Å². The first-order chi connectivity index (χ1) is 17.0. The highest BCUT2D eigenvalue weighted by Crippen LogP contribution is 2.33. The van der Waals surface area contributed by atoms with Gasteiger partial charge in [-0.25, -0.2) is 4.98 Å². The first kappa shape index (κ1) is 24.0. The summed E-state index contributed by atoms with van der Waals surface area (Å²) in [6.07, 6.45) is 7.60. The zero-order chi connectivity index (χ0) is 24.4. The number of halogens is 1. The molecule has 2 N–H and O–H groups in total. The fraction of sp³-hybridized carbons (Fsp3) is 0.593. The maximum absolute atomic E-state index is 14.9. The summed E-state index contributed by atoms with van der Waals surface area (Å²) in [4.78, 5) is 22.6. The molecule has 5 rings (SSSR count). The number of ether oxygens (including phenoxy) is 2. The molecule has 3 fully saturated rings. The second kappa shape index (κ2) is 10.5. The van der Waals surface area contributed by atoms with Crippen molar-refractivity contribution >= 4 is 11.6 Å². The zero-order valence-electron chi connectivity index (χ0n) is 20.4. The third-order valence-corrected chi connectivity index (χ3v) is 7.52. The van der Waals surface area contributed by atoms with E-state index in [0.717, 1.165) is 49.8 Å². The predicted molar refractivity (Wildman–Crippen MR) is 131 cm³/mol. The third kappa shape index (κ3) is 5.92. The first-order valence-corrected chi connectivity index (χ1v) is 12.9. The molecule has 2 saturated carbocycles. The molecule has 1 unspecified atom stereocenters. The van der Waals surface area contributed by atoms with Gasteiger partial charge in [0.2, 0.25) is 5.82 Å². The fourth-order valence-corrected chi connectivity index (χ4v) is 5.13. The largest absolute Gasteiger partial charge is 0.489 e. The molecular formula is C27H35FN4O3. The summed E-state index contributed by atoms with van der Waals surface area (Å²) < 4.78 is 26.6. The van der Waals surface area contributed by atoms with Gasteiger partial charge in [-0.05, 0) is 61.6 Å². The van der Waals surface area contributed by atoms with Gasteiger partial charge in [0.1, 0.15) is 24.0 Å². The molecule has 1 saturated heterocycles. The van der Waals surface area contributed by atoms with E-state index in [1.807, 2.05) is 29.2 Å². The molecular weight excluding hydrogens is 447 g/mol. The Bertz CT molecular complexity index is 1030. The molecule has 2 aliphatic carbocycles. The van der Waals surface area contributed by atoms with E-state index < -0.39 is 5.82 Å². The number of carbonyl (C=O) groups is 1. The summed E-state index contributed by atoms with van der Waals surface area (Å²) in [5.74, 6) is 1.72. The van der Waals surface area contributed by atoms with Crippen LogP contribution >= 0.6 is 0 Å². The Labute approximate surface area is 206 Å². The van der Waals surface area contributed by atoms with Crippen molar-refractivity contribution in [3.8, 4) is 11.6 Å². The minimum absolute atomic E-state index is 0.0326. The molecule has 7 nitrogen and oxygen atoms in total. The summed E-state index contributed by atoms with van der Waals surface area (Å²) in [5.41, 5.74) is 7.10. The van der Waals surface area contributed by atoms with Crippen molar-refractivity contribution in [2.24, 2.45) is 17.6 Å². The molecule has 2 heterocycles. The van der Waals surface area contributed by atoms with E-state index in [1.165, 1.54) is 6.33 Å². The molecule has 1 aliphatic heterocycles. The van der Waals surface area contributed by atoms with Crippen molar-refractivity contribution in [2.45, 2.75) is 69.9 Å². The molecule has 35 heavy (non-hydrogen) atoms. The number of carbonyl (C=O) groups excluding carboxylic acids is 1. The van der Waals surface area contributed by atoms with Gasteiger partial charge in [0, 0.05) is 31.3 Å². The molecule has 0 spiro atoms. The monoisotopic (exact) mass is 482 g/mol. The maximum atomic E-state index is 14.9. The highest BCUT2D eigenvalue weighted by Gasteiger charge is 2.30. The van der Waals surface area contributed by atoms with Gasteiger partial charge in [0.25, 0.3) is 5.88 Å². The number of rotatable bonds is 10. The topological polar surface area (TPSA) is 90.6 Å². The van der Waals surface area contributed by atoms with Gasteiger partial charge in [-0.3, -0.25) is 4.79 Å². The summed E-state index contributed by atoms with van der Waals surface area (Å²) >= 11 is 0. The van der Waals surface area contributed by atoms with E-state index in [2.05, 4.69) is 16.9 Å². The minimum atomic E-state index is -0.499. The van der Waals surface area contributed by atoms with E-state index in [9.17, 15) is 9.18 Å². The van der Waals surface area contributed by atoms with Gasteiger partial charge in [-0.2, -0.15) is 9.37 Å². The second-order valence-corrected chi connectivity index (χ2v) is 10.5. The van der Waals surface area contributed by atoms with E-state index in [0.29, 0.717) is 37.8 Å². The molecule has 0 radical (unpaired) electrons. The van der Waals surface area contributed by atoms with Gasteiger partial charge in [-0.1, -0.05) is 19.1 Å². The Kier molecular flexibility index (Phi) is 7.18. The number of hydrogen-bond acceptors (Lipinski definition) is 7. The van der Waals surface area contributed by atoms with E-state index >= 15 is 0 Å². The molecule has 188 valence electrons. The van der Waals surface area contributed by atoms with Crippen LogP contribution in [0.25, 0.3) is 0 Å². The molecule has 2 aromatic rings. The summed E-state index contributed by atoms with van der Waals surface area (Å²) in [5, 5.41) is 0. The SMILES string of the molecule is C[C@H](CC(=O)C1CC[C@@H](N)C1)c1ccc(O[C@@H]2CCN(c3ncnc(OCC4CC4)c3F)C2)cc1. The summed E-state index contributed by atoms with van der Waals surface area (Å²) in [6.45, 7) is 3.81. The second-order valence-electron chi connectivity index (χ2n) is 10.5. The first-order valence-electron chi connectivity index (χ1n) is 12.9. The molecule has 1 aromatic heterocycles. The number of aromatic nitrogens is 2. The van der Waals surface area contributed by atoms with Crippen LogP contribution in [0.5, 0.6) is 11.6 Å². The third-order valence-electron chi connectivity index (χ3n) is 7.52. The van der Waals surface area contributed by atoms with Gasteiger partial charge >= 0.3 is 0 Å². The van der Waals surface area contributed by atoms with E-state index in [1.54, 1.807) is 0 Å². The number of Topliss-reactive ketones (excluding diaryl/α,β-unsaturated/α-hetero) is 1. The molecule has 0 amide bonds. The van der Waals surface area contributed by atoms with Crippen LogP contribution in [0.2, 0.25) is 0 Å². The zero-order valence-corrected chi connectivity index (χ0v) is 20.4. The number of hydrogen-bond donors (Lipinski definition) is 1. The van der Waals surface area contributed by atoms with Gasteiger partial charge < -0.3 is 20.1 Å². The molecule has 0 bridgehead atoms. The van der Waals surface area contributed by atoms with Gasteiger partial charge in [0.05, 0.1) is 13.2 Å². The Hall–Kier alpha value is -2.74. The fourth-order valence-electron chi connectivity index (χ4n) is 5.13. The van der Waals surface area contributed by atoms with Crippen LogP contribution in [0.4, 0.5) is 10.2 Å². The van der Waals surface area contributed by atoms with Gasteiger partial charge in [-0.15, -0.1) is 0 Å². The van der Waals surface area contributed by atoms with Crippen LogP contribution in [0.1, 0.15) is 63.4 Å². The van der Waals surface area contributed by atoms with Crippen LogP contribution in [0.15, 0.2) is 30.6 Å². The smallest absolute Gasteiger partial charge is 0.255 e. The summed E-state index contributed by atoms with van der Waals surface area (Å²) in [6, 6.07) is 8.16. The van der Waals surface area contributed by atoms with Crippen LogP contribution < -0.4 is 20.1 Å². The molecule has 1 aromatic carbocycles. The average molecular weight is 483 g/mol. The van der Waals surface area contributed by atoms with Crippen LogP contribution in [0.3, 0.4) is 0 Å². The predicted octanol–water partition coefficient (Wildman–Crippen LogP) is 4.25. The van der Waals surface area contributed by atoms with Crippen molar-refractivity contribution in [3.63, 3.8) is 0 Å². The van der Waals surface area contributed by atoms with E-state index in [-0.39, 0.29) is 35.7 Å². The van der Waals surface area contributed by atoms with E-state index in [4.69, 9.17) is 15.2 Å².